The number of benzene rings is 3. The first-order chi connectivity index (χ1) is 14.7. The molecule has 3 aliphatic heterocycles. The molecule has 148 valence electrons. The third-order valence-electron chi connectivity index (χ3n) is 6.64. The van der Waals surface area contributed by atoms with Gasteiger partial charge in [0.25, 0.3) is 0 Å². The molecule has 0 saturated carbocycles. The van der Waals surface area contributed by atoms with Crippen molar-refractivity contribution in [2.75, 3.05) is 11.4 Å². The van der Waals surface area contributed by atoms with E-state index in [0.29, 0.717) is 12.3 Å². The molecule has 3 aromatic carbocycles. The predicted molar refractivity (Wildman–Crippen MR) is 117 cm³/mol. The van der Waals surface area contributed by atoms with Crippen LogP contribution in [0.3, 0.4) is 0 Å². The molecular formula is C26H22N2O2. The summed E-state index contributed by atoms with van der Waals surface area (Å²) in [5.41, 5.74) is 5.88. The standard InChI is InChI=1S/C26H22N2O2/c1-17-10-12-19(13-11-17)24-27-26(25(29)30-24)16-20-7-3-5-9-22(20)28-15-14-18-6-2-4-8-21(18)23(26)28/h2-13,23H,14-16H2,1H3/t23-,26-/m1/s1. The van der Waals surface area contributed by atoms with E-state index in [4.69, 9.17) is 9.73 Å². The van der Waals surface area contributed by atoms with E-state index < -0.39 is 5.54 Å². The number of carbonyl (C=O) groups is 1. The maximum atomic E-state index is 13.5. The van der Waals surface area contributed by atoms with Crippen molar-refractivity contribution >= 4 is 17.6 Å². The van der Waals surface area contributed by atoms with E-state index in [9.17, 15) is 4.79 Å². The first kappa shape index (κ1) is 17.5. The van der Waals surface area contributed by atoms with Crippen LogP contribution in [0, 0.1) is 6.92 Å². The van der Waals surface area contributed by atoms with Gasteiger partial charge in [0.2, 0.25) is 5.90 Å². The molecule has 6 rings (SSSR count). The first-order valence-electron chi connectivity index (χ1n) is 10.5. The molecule has 0 N–H and O–H groups in total. The second kappa shape index (κ2) is 6.30. The van der Waals surface area contributed by atoms with Gasteiger partial charge in [0, 0.05) is 24.2 Å². The molecule has 30 heavy (non-hydrogen) atoms. The quantitative estimate of drug-likeness (QED) is 0.575. The van der Waals surface area contributed by atoms with Crippen LogP contribution in [0.25, 0.3) is 0 Å². The number of esters is 1. The highest BCUT2D eigenvalue weighted by Gasteiger charge is 2.58. The number of fused-ring (bicyclic) bond motifs is 6. The minimum Gasteiger partial charge on any atom is -0.405 e. The van der Waals surface area contributed by atoms with Gasteiger partial charge in [0.1, 0.15) is 0 Å². The molecule has 0 radical (unpaired) electrons. The summed E-state index contributed by atoms with van der Waals surface area (Å²) in [4.78, 5) is 20.9. The maximum Gasteiger partial charge on any atom is 0.343 e. The van der Waals surface area contributed by atoms with Crippen molar-refractivity contribution in [1.82, 2.24) is 0 Å². The molecule has 2 atom stereocenters. The number of anilines is 1. The van der Waals surface area contributed by atoms with Crippen molar-refractivity contribution in [1.29, 1.82) is 0 Å². The van der Waals surface area contributed by atoms with Gasteiger partial charge in [-0.1, -0.05) is 60.2 Å². The van der Waals surface area contributed by atoms with E-state index in [1.165, 1.54) is 16.8 Å². The lowest BCUT2D eigenvalue weighted by molar-refractivity contribution is -0.140. The van der Waals surface area contributed by atoms with Crippen LogP contribution in [0.2, 0.25) is 0 Å². The molecule has 0 bridgehead atoms. The van der Waals surface area contributed by atoms with Crippen LogP contribution in [0.1, 0.15) is 33.9 Å². The summed E-state index contributed by atoms with van der Waals surface area (Å²) in [6.07, 6.45) is 1.51. The van der Waals surface area contributed by atoms with Gasteiger partial charge in [-0.15, -0.1) is 0 Å². The van der Waals surface area contributed by atoms with E-state index in [-0.39, 0.29) is 12.0 Å². The molecule has 0 fully saturated rings. The Morgan fingerprint density at radius 1 is 0.967 bits per heavy atom. The second-order valence-electron chi connectivity index (χ2n) is 8.45. The molecule has 1 spiro atoms. The molecule has 0 aromatic heterocycles. The Labute approximate surface area is 175 Å². The van der Waals surface area contributed by atoms with Crippen molar-refractivity contribution in [2.24, 2.45) is 4.99 Å². The minimum atomic E-state index is -0.967. The SMILES string of the molecule is Cc1ccc(C2=N[C@@]3(Cc4ccccc4N4CCc5ccccc5[C@@H]43)C(=O)O2)cc1. The molecule has 0 unspecified atom stereocenters. The summed E-state index contributed by atoms with van der Waals surface area (Å²) >= 11 is 0. The number of hydrogen-bond acceptors (Lipinski definition) is 4. The number of para-hydroxylation sites is 1. The van der Waals surface area contributed by atoms with Gasteiger partial charge < -0.3 is 9.64 Å². The summed E-state index contributed by atoms with van der Waals surface area (Å²) in [7, 11) is 0. The van der Waals surface area contributed by atoms with Crippen LogP contribution in [-0.4, -0.2) is 24.0 Å². The Bertz CT molecular complexity index is 1200. The molecule has 3 heterocycles. The number of carbonyl (C=O) groups excluding carboxylic acids is 1. The number of ether oxygens (including phenoxy) is 1. The van der Waals surface area contributed by atoms with Crippen LogP contribution >= 0.6 is 0 Å². The Hall–Kier alpha value is -3.40. The number of hydrogen-bond donors (Lipinski definition) is 0. The van der Waals surface area contributed by atoms with Gasteiger partial charge in [-0.25, -0.2) is 9.79 Å². The molecule has 0 saturated heterocycles. The fourth-order valence-corrected chi connectivity index (χ4v) is 5.20. The summed E-state index contributed by atoms with van der Waals surface area (Å²) in [6, 6.07) is 24.7. The van der Waals surface area contributed by atoms with E-state index >= 15 is 0 Å². The fourth-order valence-electron chi connectivity index (χ4n) is 5.20. The Kier molecular flexibility index (Phi) is 3.66. The van der Waals surface area contributed by atoms with Crippen LogP contribution in [0.15, 0.2) is 77.8 Å². The average molecular weight is 394 g/mol. The lowest BCUT2D eigenvalue weighted by Crippen LogP contribution is -2.56. The topological polar surface area (TPSA) is 41.9 Å². The van der Waals surface area contributed by atoms with Crippen LogP contribution in [-0.2, 0) is 22.4 Å². The van der Waals surface area contributed by atoms with E-state index in [0.717, 1.165) is 29.7 Å². The highest BCUT2D eigenvalue weighted by atomic mass is 16.6. The number of nitrogens with zero attached hydrogens (tertiary/aromatic N) is 2. The highest BCUT2D eigenvalue weighted by molar-refractivity contribution is 6.09. The van der Waals surface area contributed by atoms with Gasteiger partial charge >= 0.3 is 5.97 Å². The third kappa shape index (κ3) is 2.40. The van der Waals surface area contributed by atoms with Crippen LogP contribution in [0.4, 0.5) is 5.69 Å². The van der Waals surface area contributed by atoms with E-state index in [1.807, 2.05) is 37.3 Å². The molecule has 3 aromatic rings. The minimum absolute atomic E-state index is 0.159. The van der Waals surface area contributed by atoms with Crippen molar-refractivity contribution in [3.8, 4) is 0 Å². The lowest BCUT2D eigenvalue weighted by Gasteiger charge is -2.49. The zero-order valence-electron chi connectivity index (χ0n) is 16.8. The second-order valence-corrected chi connectivity index (χ2v) is 8.45. The van der Waals surface area contributed by atoms with Gasteiger partial charge in [-0.2, -0.15) is 0 Å². The Morgan fingerprint density at radius 3 is 2.53 bits per heavy atom. The number of cyclic esters (lactones) is 1. The van der Waals surface area contributed by atoms with Gasteiger partial charge in [0.15, 0.2) is 5.54 Å². The monoisotopic (exact) mass is 394 g/mol. The first-order valence-corrected chi connectivity index (χ1v) is 10.5. The summed E-state index contributed by atoms with van der Waals surface area (Å²) in [6.45, 7) is 2.91. The molecule has 0 aliphatic carbocycles. The Balaban J connectivity index is 1.57. The molecule has 0 amide bonds. The number of aliphatic imine (C=N–C) groups is 1. The number of aryl methyl sites for hydroxylation is 1. The zero-order valence-corrected chi connectivity index (χ0v) is 16.8. The largest absolute Gasteiger partial charge is 0.405 e. The van der Waals surface area contributed by atoms with Crippen molar-refractivity contribution in [3.63, 3.8) is 0 Å². The predicted octanol–water partition coefficient (Wildman–Crippen LogP) is 4.40. The van der Waals surface area contributed by atoms with Crippen molar-refractivity contribution < 1.29 is 9.53 Å². The number of rotatable bonds is 1. The zero-order chi connectivity index (χ0) is 20.3. The smallest absolute Gasteiger partial charge is 0.343 e. The van der Waals surface area contributed by atoms with E-state index in [2.05, 4.69) is 47.4 Å². The van der Waals surface area contributed by atoms with Crippen molar-refractivity contribution in [3.05, 3.63) is 101 Å². The highest BCUT2D eigenvalue weighted by Crippen LogP contribution is 2.51. The third-order valence-corrected chi connectivity index (χ3v) is 6.64. The summed E-state index contributed by atoms with van der Waals surface area (Å²) < 4.78 is 5.84. The fraction of sp³-hybridized carbons (Fsp3) is 0.231. The summed E-state index contributed by atoms with van der Waals surface area (Å²) in [5, 5.41) is 0. The molecule has 4 nitrogen and oxygen atoms in total. The average Bonchev–Trinajstić information content (AvgIpc) is 3.10. The van der Waals surface area contributed by atoms with Crippen LogP contribution < -0.4 is 4.90 Å². The molecular weight excluding hydrogens is 372 g/mol. The van der Waals surface area contributed by atoms with Crippen molar-refractivity contribution in [2.45, 2.75) is 31.3 Å². The lowest BCUT2D eigenvalue weighted by atomic mass is 9.73. The van der Waals surface area contributed by atoms with Gasteiger partial charge in [-0.3, -0.25) is 0 Å². The molecule has 3 aliphatic rings. The summed E-state index contributed by atoms with van der Waals surface area (Å²) in [5.74, 6) is 0.182. The normalized spacial score (nSPS) is 24.0. The maximum absolute atomic E-state index is 13.5. The van der Waals surface area contributed by atoms with Gasteiger partial charge in [-0.05, 0) is 48.2 Å². The van der Waals surface area contributed by atoms with E-state index in [1.54, 1.807) is 0 Å². The Morgan fingerprint density at radius 2 is 1.70 bits per heavy atom. The van der Waals surface area contributed by atoms with Gasteiger partial charge in [0.05, 0.1) is 6.04 Å². The van der Waals surface area contributed by atoms with Crippen LogP contribution in [0.5, 0.6) is 0 Å². The molecule has 4 heteroatoms.